The summed E-state index contributed by atoms with van der Waals surface area (Å²) in [5.74, 6) is -0.442. The number of hydrogen-bond acceptors (Lipinski definition) is 5. The van der Waals surface area contributed by atoms with Crippen molar-refractivity contribution in [1.82, 2.24) is 15.5 Å². The van der Waals surface area contributed by atoms with Crippen molar-refractivity contribution in [2.24, 2.45) is 5.92 Å². The minimum Gasteiger partial charge on any atom is -0.451 e. The molecule has 1 fully saturated rings. The van der Waals surface area contributed by atoms with E-state index in [4.69, 9.17) is 4.42 Å². The summed E-state index contributed by atoms with van der Waals surface area (Å²) in [6.07, 6.45) is 1.85. The molecule has 0 saturated carbocycles. The molecule has 7 nitrogen and oxygen atoms in total. The molecule has 7 heteroatoms. The molecule has 1 unspecified atom stereocenters. The molecule has 2 atom stereocenters. The molecular weight excluding hydrogens is 442 g/mol. The van der Waals surface area contributed by atoms with Crippen molar-refractivity contribution in [3.8, 4) is 0 Å². The Morgan fingerprint density at radius 1 is 1.09 bits per heavy atom. The van der Waals surface area contributed by atoms with Gasteiger partial charge in [0.2, 0.25) is 5.91 Å². The van der Waals surface area contributed by atoms with Crippen LogP contribution in [0.1, 0.15) is 49.2 Å². The minimum atomic E-state index is -0.757. The minimum absolute atomic E-state index is 0.00121. The lowest BCUT2D eigenvalue weighted by Crippen LogP contribution is -2.52. The Hall–Kier alpha value is -3.45. The summed E-state index contributed by atoms with van der Waals surface area (Å²) in [5, 5.41) is 6.57. The second-order valence-electron chi connectivity index (χ2n) is 9.67. The lowest BCUT2D eigenvalue weighted by molar-refractivity contribution is -0.129. The van der Waals surface area contributed by atoms with E-state index in [1.54, 1.807) is 12.1 Å². The molecule has 0 spiro atoms. The van der Waals surface area contributed by atoms with Crippen LogP contribution in [0.3, 0.4) is 0 Å². The van der Waals surface area contributed by atoms with E-state index < -0.39 is 18.0 Å². The summed E-state index contributed by atoms with van der Waals surface area (Å²) in [4.78, 5) is 41.2. The summed E-state index contributed by atoms with van der Waals surface area (Å²) in [5.41, 5.74) is 1.78. The Kier molecular flexibility index (Phi) is 7.98. The van der Waals surface area contributed by atoms with Crippen LogP contribution in [0.15, 0.2) is 65.1 Å². The third-order valence-corrected chi connectivity index (χ3v) is 6.28. The summed E-state index contributed by atoms with van der Waals surface area (Å²) < 4.78 is 5.66. The predicted octanol–water partition coefficient (Wildman–Crippen LogP) is 3.93. The average molecular weight is 476 g/mol. The number of Topliss-reactive ketones (excluding diaryl/α,β-unsaturated/α-hetero) is 1. The molecule has 2 heterocycles. The van der Waals surface area contributed by atoms with E-state index in [1.165, 1.54) is 0 Å². The van der Waals surface area contributed by atoms with Crippen LogP contribution in [0.25, 0.3) is 11.0 Å². The number of benzene rings is 2. The van der Waals surface area contributed by atoms with E-state index in [0.717, 1.165) is 23.9 Å². The highest BCUT2D eigenvalue weighted by atomic mass is 16.3. The third-order valence-electron chi connectivity index (χ3n) is 6.28. The number of likely N-dealkylation sites (tertiary alicyclic amines) is 1. The molecule has 0 aliphatic carbocycles. The molecule has 184 valence electrons. The van der Waals surface area contributed by atoms with E-state index in [2.05, 4.69) is 27.7 Å². The molecule has 0 radical (unpaired) electrons. The van der Waals surface area contributed by atoms with E-state index in [9.17, 15) is 14.4 Å². The van der Waals surface area contributed by atoms with Crippen molar-refractivity contribution in [3.05, 3.63) is 72.0 Å². The van der Waals surface area contributed by atoms with Crippen LogP contribution >= 0.6 is 0 Å². The van der Waals surface area contributed by atoms with Crippen molar-refractivity contribution < 1.29 is 18.8 Å². The van der Waals surface area contributed by atoms with Crippen molar-refractivity contribution >= 4 is 28.6 Å². The van der Waals surface area contributed by atoms with Gasteiger partial charge in [-0.3, -0.25) is 19.3 Å². The topological polar surface area (TPSA) is 91.7 Å². The molecule has 1 aromatic heterocycles. The van der Waals surface area contributed by atoms with Gasteiger partial charge in [0.15, 0.2) is 11.5 Å². The van der Waals surface area contributed by atoms with E-state index in [-0.39, 0.29) is 23.4 Å². The molecule has 0 bridgehead atoms. The fraction of sp³-hybridized carbons (Fsp3) is 0.393. The smallest absolute Gasteiger partial charge is 0.287 e. The highest BCUT2D eigenvalue weighted by Crippen LogP contribution is 2.19. The van der Waals surface area contributed by atoms with Gasteiger partial charge in [0.05, 0.1) is 12.6 Å². The van der Waals surface area contributed by atoms with Crippen LogP contribution < -0.4 is 10.6 Å². The number of nitrogens with zero attached hydrogens (tertiary/aromatic N) is 1. The van der Waals surface area contributed by atoms with Gasteiger partial charge < -0.3 is 15.1 Å². The van der Waals surface area contributed by atoms with Crippen molar-refractivity contribution in [2.75, 3.05) is 13.1 Å². The summed E-state index contributed by atoms with van der Waals surface area (Å²) >= 11 is 0. The Labute approximate surface area is 205 Å². The second-order valence-corrected chi connectivity index (χ2v) is 9.67. The molecule has 1 aliphatic heterocycles. The maximum Gasteiger partial charge on any atom is 0.287 e. The standard InChI is InChI=1S/C28H33N3O4/c1-19(2)15-23(30-28(34)26-16-21-11-6-7-13-25(21)35-26)27(33)29-22-12-8-14-31(18-24(22)32)17-20-9-4-3-5-10-20/h3-7,9-11,13,16,19,22-23H,8,12,14-15,17-18H2,1-2H3,(H,29,33)(H,30,34)/t22?,23-/m0/s1. The zero-order valence-corrected chi connectivity index (χ0v) is 20.3. The molecule has 3 aromatic rings. The fourth-order valence-corrected chi connectivity index (χ4v) is 4.52. The number of rotatable bonds is 8. The second kappa shape index (κ2) is 11.3. The van der Waals surface area contributed by atoms with Crippen molar-refractivity contribution in [3.63, 3.8) is 0 Å². The van der Waals surface area contributed by atoms with Gasteiger partial charge in [-0.25, -0.2) is 0 Å². The average Bonchev–Trinajstić information content (AvgIpc) is 3.20. The summed E-state index contributed by atoms with van der Waals surface area (Å²) in [6, 6.07) is 17.8. The number of ketones is 1. The lowest BCUT2D eigenvalue weighted by Gasteiger charge is -2.23. The quantitative estimate of drug-likeness (QED) is 0.515. The first-order chi connectivity index (χ1) is 16.9. The van der Waals surface area contributed by atoms with E-state index in [1.807, 2.05) is 50.2 Å². The number of furan rings is 1. The predicted molar refractivity (Wildman–Crippen MR) is 135 cm³/mol. The number of para-hydroxylation sites is 1. The zero-order chi connectivity index (χ0) is 24.8. The number of amides is 2. The zero-order valence-electron chi connectivity index (χ0n) is 20.3. The van der Waals surface area contributed by atoms with Crippen molar-refractivity contribution in [2.45, 2.75) is 51.7 Å². The Morgan fingerprint density at radius 3 is 2.57 bits per heavy atom. The number of hydrogen-bond donors (Lipinski definition) is 2. The van der Waals surface area contributed by atoms with Crippen molar-refractivity contribution in [1.29, 1.82) is 0 Å². The molecule has 4 rings (SSSR count). The third kappa shape index (κ3) is 6.57. The highest BCUT2D eigenvalue weighted by molar-refractivity contribution is 5.99. The van der Waals surface area contributed by atoms with Crippen LogP contribution in [0.2, 0.25) is 0 Å². The van der Waals surface area contributed by atoms with Gasteiger partial charge in [-0.15, -0.1) is 0 Å². The number of nitrogens with one attached hydrogen (secondary N) is 2. The van der Waals surface area contributed by atoms with Crippen LogP contribution in [0.5, 0.6) is 0 Å². The molecule has 2 amide bonds. The SMILES string of the molecule is CC(C)C[C@H](NC(=O)c1cc2ccccc2o1)C(=O)NC1CCCN(Cc2ccccc2)CC1=O. The fourth-order valence-electron chi connectivity index (χ4n) is 4.52. The van der Waals surface area contributed by atoms with Gasteiger partial charge in [-0.2, -0.15) is 0 Å². The van der Waals surface area contributed by atoms with Crippen LogP contribution in [0.4, 0.5) is 0 Å². The molecule has 2 aromatic carbocycles. The summed E-state index contributed by atoms with van der Waals surface area (Å²) in [6.45, 7) is 5.78. The maximum absolute atomic E-state index is 13.2. The van der Waals surface area contributed by atoms with Crippen LogP contribution in [-0.2, 0) is 16.1 Å². The maximum atomic E-state index is 13.2. The van der Waals surface area contributed by atoms with Gasteiger partial charge in [-0.05, 0) is 49.4 Å². The van der Waals surface area contributed by atoms with Gasteiger partial charge in [0.1, 0.15) is 11.6 Å². The number of carbonyl (C=O) groups is 3. The first kappa shape index (κ1) is 24.7. The van der Waals surface area contributed by atoms with Gasteiger partial charge in [0, 0.05) is 11.9 Å². The molecule has 35 heavy (non-hydrogen) atoms. The van der Waals surface area contributed by atoms with E-state index in [0.29, 0.717) is 31.5 Å². The lowest BCUT2D eigenvalue weighted by atomic mass is 10.0. The number of carbonyl (C=O) groups excluding carboxylic acids is 3. The molecule has 2 N–H and O–H groups in total. The van der Waals surface area contributed by atoms with E-state index >= 15 is 0 Å². The molecular formula is C28H33N3O4. The van der Waals surface area contributed by atoms with Crippen LogP contribution in [0, 0.1) is 5.92 Å². The first-order valence-electron chi connectivity index (χ1n) is 12.3. The largest absolute Gasteiger partial charge is 0.451 e. The van der Waals surface area contributed by atoms with Gasteiger partial charge >= 0.3 is 0 Å². The summed E-state index contributed by atoms with van der Waals surface area (Å²) in [7, 11) is 0. The molecule has 1 saturated heterocycles. The number of fused-ring (bicyclic) bond motifs is 1. The Morgan fingerprint density at radius 2 is 1.83 bits per heavy atom. The first-order valence-corrected chi connectivity index (χ1v) is 12.3. The van der Waals surface area contributed by atoms with Gasteiger partial charge in [0.25, 0.3) is 5.91 Å². The Bertz CT molecular complexity index is 1140. The highest BCUT2D eigenvalue weighted by Gasteiger charge is 2.30. The normalized spacial score (nSPS) is 17.8. The van der Waals surface area contributed by atoms with Gasteiger partial charge in [-0.1, -0.05) is 62.4 Å². The van der Waals surface area contributed by atoms with Crippen LogP contribution in [-0.4, -0.2) is 47.7 Å². The Balaban J connectivity index is 1.39. The monoisotopic (exact) mass is 475 g/mol. The molecule has 1 aliphatic rings.